The van der Waals surface area contributed by atoms with Crippen molar-refractivity contribution in [3.63, 3.8) is 0 Å². The number of fused-ring (bicyclic) bond motifs is 1. The average Bonchev–Trinajstić information content (AvgIpc) is 3.05. The van der Waals surface area contributed by atoms with E-state index in [4.69, 9.17) is 4.43 Å². The van der Waals surface area contributed by atoms with Gasteiger partial charge < -0.3 is 9.53 Å². The molecule has 0 spiro atoms. The van der Waals surface area contributed by atoms with E-state index in [9.17, 15) is 18.3 Å². The average molecular weight is 488 g/mol. The molecule has 1 N–H and O–H groups in total. The van der Waals surface area contributed by atoms with Gasteiger partial charge in [0.15, 0.2) is 8.32 Å². The van der Waals surface area contributed by atoms with Gasteiger partial charge in [0.1, 0.15) is 0 Å². The first kappa shape index (κ1) is 24.0. The standard InChI is InChI=1S/C25H33NO5SSi/c1-18-14-16-20(17-15-18)32(29,30)25(31-33(2,3)4)21-12-8-9-13-22(21)26(24(27)28)23(25)19-10-6-5-7-11-19/h8-9,12-17,19,23H,5-7,10-11H2,1-4H3,(H,27,28). The summed E-state index contributed by atoms with van der Waals surface area (Å²) < 4.78 is 36.0. The number of anilines is 1. The summed E-state index contributed by atoms with van der Waals surface area (Å²) in [5, 5.41) is 10.4. The smallest absolute Gasteiger partial charge is 0.412 e. The van der Waals surface area contributed by atoms with Crippen molar-refractivity contribution in [1.29, 1.82) is 0 Å². The SMILES string of the molecule is Cc1ccc(S(=O)(=O)C2(O[Si](C)(C)C)c3ccccc3N(C(=O)O)C2C2CCCCC2)cc1. The van der Waals surface area contributed by atoms with Crippen LogP contribution >= 0.6 is 0 Å². The molecule has 2 atom stereocenters. The van der Waals surface area contributed by atoms with Gasteiger partial charge in [-0.2, -0.15) is 0 Å². The number of aryl methyl sites for hydroxylation is 1. The van der Waals surface area contributed by atoms with Gasteiger partial charge in [0, 0.05) is 5.56 Å². The van der Waals surface area contributed by atoms with E-state index in [1.54, 1.807) is 48.5 Å². The van der Waals surface area contributed by atoms with Crippen LogP contribution in [0.25, 0.3) is 0 Å². The van der Waals surface area contributed by atoms with Gasteiger partial charge in [-0.15, -0.1) is 0 Å². The maximum absolute atomic E-state index is 14.6. The molecule has 0 bridgehead atoms. The van der Waals surface area contributed by atoms with Crippen LogP contribution in [0.4, 0.5) is 10.5 Å². The third-order valence-electron chi connectivity index (χ3n) is 6.70. The molecule has 4 rings (SSSR count). The molecule has 1 saturated carbocycles. The zero-order chi connectivity index (χ0) is 24.0. The van der Waals surface area contributed by atoms with Crippen LogP contribution in [0, 0.1) is 12.8 Å². The highest BCUT2D eigenvalue weighted by molar-refractivity contribution is 7.92. The summed E-state index contributed by atoms with van der Waals surface area (Å²) in [6, 6.07) is 12.9. The van der Waals surface area contributed by atoms with E-state index >= 15 is 0 Å². The van der Waals surface area contributed by atoms with Crippen LogP contribution in [0.15, 0.2) is 53.4 Å². The summed E-state index contributed by atoms with van der Waals surface area (Å²) in [5.74, 6) is -0.112. The van der Waals surface area contributed by atoms with E-state index in [2.05, 4.69) is 0 Å². The van der Waals surface area contributed by atoms with Crippen molar-refractivity contribution in [1.82, 2.24) is 0 Å². The Morgan fingerprint density at radius 1 is 1.03 bits per heavy atom. The van der Waals surface area contributed by atoms with Crippen LogP contribution in [-0.4, -0.2) is 34.0 Å². The number of para-hydroxylation sites is 1. The molecular formula is C25H33NO5SSi. The van der Waals surface area contributed by atoms with Crippen molar-refractivity contribution in [2.75, 3.05) is 4.90 Å². The Kier molecular flexibility index (Phi) is 6.22. The number of hydrogen-bond acceptors (Lipinski definition) is 4. The summed E-state index contributed by atoms with van der Waals surface area (Å²) in [5.41, 5.74) is 1.80. The maximum atomic E-state index is 14.6. The first-order valence-corrected chi connectivity index (χ1v) is 16.5. The van der Waals surface area contributed by atoms with Crippen molar-refractivity contribution in [3.05, 3.63) is 59.7 Å². The largest absolute Gasteiger partial charge is 0.465 e. The Bertz CT molecular complexity index is 1140. The van der Waals surface area contributed by atoms with Crippen LogP contribution in [0.2, 0.25) is 19.6 Å². The number of benzene rings is 2. The van der Waals surface area contributed by atoms with Crippen LogP contribution in [0.1, 0.15) is 43.2 Å². The highest BCUT2D eigenvalue weighted by Crippen LogP contribution is 2.56. The quantitative estimate of drug-likeness (QED) is 0.529. The molecule has 0 radical (unpaired) electrons. The topological polar surface area (TPSA) is 83.9 Å². The molecule has 1 fully saturated rings. The molecule has 1 aliphatic carbocycles. The van der Waals surface area contributed by atoms with Crippen molar-refractivity contribution in [3.8, 4) is 0 Å². The molecule has 1 heterocycles. The van der Waals surface area contributed by atoms with Crippen LogP contribution < -0.4 is 4.90 Å². The molecule has 0 aromatic heterocycles. The lowest BCUT2D eigenvalue weighted by molar-refractivity contribution is 0.0823. The lowest BCUT2D eigenvalue weighted by Crippen LogP contribution is -2.59. The number of nitrogens with zero attached hydrogens (tertiary/aromatic N) is 1. The molecule has 2 aromatic rings. The number of hydrogen-bond donors (Lipinski definition) is 1. The van der Waals surface area contributed by atoms with E-state index in [1.165, 1.54) is 4.90 Å². The lowest BCUT2D eigenvalue weighted by Gasteiger charge is -2.45. The second-order valence-electron chi connectivity index (χ2n) is 10.2. The van der Waals surface area contributed by atoms with Crippen LogP contribution in [0.3, 0.4) is 0 Å². The number of carbonyl (C=O) groups is 1. The number of sulfone groups is 1. The fraction of sp³-hybridized carbons (Fsp3) is 0.480. The molecule has 1 amide bonds. The molecule has 1 aliphatic heterocycles. The van der Waals surface area contributed by atoms with Gasteiger partial charge in [-0.05, 0) is 63.5 Å². The van der Waals surface area contributed by atoms with Gasteiger partial charge in [-0.3, -0.25) is 4.90 Å². The zero-order valence-corrected chi connectivity index (χ0v) is 21.6. The molecule has 0 saturated heterocycles. The summed E-state index contributed by atoms with van der Waals surface area (Å²) in [4.78, 5) is 12.3. The van der Waals surface area contributed by atoms with Gasteiger partial charge in [0.25, 0.3) is 0 Å². The van der Waals surface area contributed by atoms with Gasteiger partial charge in [-0.25, -0.2) is 13.2 Å². The Labute approximate surface area is 197 Å². The van der Waals surface area contributed by atoms with Crippen LogP contribution in [-0.2, 0) is 19.2 Å². The molecule has 6 nitrogen and oxygen atoms in total. The molecule has 2 unspecified atom stereocenters. The zero-order valence-electron chi connectivity index (χ0n) is 19.7. The lowest BCUT2D eigenvalue weighted by atomic mass is 9.81. The normalized spacial score (nSPS) is 24.0. The molecule has 8 heteroatoms. The second kappa shape index (κ2) is 8.56. The number of rotatable bonds is 5. The van der Waals surface area contributed by atoms with Crippen molar-refractivity contribution >= 4 is 29.9 Å². The molecule has 178 valence electrons. The maximum Gasteiger partial charge on any atom is 0.412 e. The van der Waals surface area contributed by atoms with E-state index in [-0.39, 0.29) is 10.8 Å². The van der Waals surface area contributed by atoms with Crippen molar-refractivity contribution in [2.24, 2.45) is 5.92 Å². The summed E-state index contributed by atoms with van der Waals surface area (Å²) in [6.07, 6.45) is 3.41. The first-order valence-electron chi connectivity index (χ1n) is 11.6. The minimum absolute atomic E-state index is 0.112. The molecule has 2 aliphatic rings. The Morgan fingerprint density at radius 2 is 1.64 bits per heavy atom. The fourth-order valence-electron chi connectivity index (χ4n) is 5.47. The third-order valence-corrected chi connectivity index (χ3v) is 10.0. The Hall–Kier alpha value is -2.16. The van der Waals surface area contributed by atoms with E-state index in [0.29, 0.717) is 11.3 Å². The highest BCUT2D eigenvalue weighted by atomic mass is 32.2. The van der Waals surface area contributed by atoms with E-state index in [1.807, 2.05) is 26.6 Å². The third kappa shape index (κ3) is 4.02. The van der Waals surface area contributed by atoms with Crippen LogP contribution in [0.5, 0.6) is 0 Å². The van der Waals surface area contributed by atoms with Gasteiger partial charge >= 0.3 is 6.09 Å². The van der Waals surface area contributed by atoms with Crippen molar-refractivity contribution in [2.45, 2.75) is 74.5 Å². The van der Waals surface area contributed by atoms with E-state index < -0.39 is 35.2 Å². The predicted molar refractivity (Wildman–Crippen MR) is 132 cm³/mol. The summed E-state index contributed by atoms with van der Waals surface area (Å²) in [7, 11) is -6.61. The fourth-order valence-corrected chi connectivity index (χ4v) is 9.72. The first-order chi connectivity index (χ1) is 15.5. The van der Waals surface area contributed by atoms with Gasteiger partial charge in [0.05, 0.1) is 16.6 Å². The van der Waals surface area contributed by atoms with Gasteiger partial charge in [0.2, 0.25) is 14.8 Å². The second-order valence-corrected chi connectivity index (χ2v) is 16.7. The van der Waals surface area contributed by atoms with Gasteiger partial charge in [-0.1, -0.05) is 55.2 Å². The molecular weight excluding hydrogens is 454 g/mol. The van der Waals surface area contributed by atoms with Crippen molar-refractivity contribution < 1.29 is 22.7 Å². The predicted octanol–water partition coefficient (Wildman–Crippen LogP) is 5.92. The molecule has 33 heavy (non-hydrogen) atoms. The van der Waals surface area contributed by atoms with E-state index in [0.717, 1.165) is 37.7 Å². The summed E-state index contributed by atoms with van der Waals surface area (Å²) in [6.45, 7) is 7.79. The minimum atomic E-state index is -4.12. The number of carboxylic acid groups (broad SMARTS) is 1. The Morgan fingerprint density at radius 3 is 2.21 bits per heavy atom. The highest BCUT2D eigenvalue weighted by Gasteiger charge is 2.65. The monoisotopic (exact) mass is 487 g/mol. The Balaban J connectivity index is 2.07. The minimum Gasteiger partial charge on any atom is -0.465 e. The summed E-state index contributed by atoms with van der Waals surface area (Å²) >= 11 is 0. The number of amides is 1. The molecule has 2 aromatic carbocycles.